The van der Waals surface area contributed by atoms with Crippen LogP contribution in [0.1, 0.15) is 36.5 Å². The minimum absolute atomic E-state index is 0.0790. The topological polar surface area (TPSA) is 71.1 Å². The minimum Gasteiger partial charge on any atom is -0.370 e. The van der Waals surface area contributed by atoms with Gasteiger partial charge in [-0.1, -0.05) is 6.92 Å². The van der Waals surface area contributed by atoms with Crippen molar-refractivity contribution in [3.05, 3.63) is 23.9 Å². The van der Waals surface area contributed by atoms with Crippen LogP contribution in [0.3, 0.4) is 0 Å². The predicted molar refractivity (Wildman–Crippen MR) is 81.4 cm³/mol. The summed E-state index contributed by atoms with van der Waals surface area (Å²) in [6.07, 6.45) is 4.24. The molecule has 2 heterocycles. The maximum Gasteiger partial charge on any atom is 0.251 e. The largest absolute Gasteiger partial charge is 0.370 e. The molecule has 1 aliphatic rings. The highest BCUT2D eigenvalue weighted by atomic mass is 32.2. The van der Waals surface area contributed by atoms with Gasteiger partial charge in [-0.2, -0.15) is 0 Å². The lowest BCUT2D eigenvalue weighted by molar-refractivity contribution is 0.0934. The van der Waals surface area contributed by atoms with Gasteiger partial charge in [0, 0.05) is 46.7 Å². The van der Waals surface area contributed by atoms with E-state index in [1.165, 1.54) is 0 Å². The molecular formula is C14H21N3O2S. The van der Waals surface area contributed by atoms with Crippen molar-refractivity contribution in [2.75, 3.05) is 23.4 Å². The summed E-state index contributed by atoms with van der Waals surface area (Å²) in [7, 11) is -0.699. The number of rotatable bonds is 5. The normalized spacial score (nSPS) is 22.2. The summed E-state index contributed by atoms with van der Waals surface area (Å²) in [5, 5.41) is 6.18. The molecule has 0 radical (unpaired) electrons. The molecule has 1 aromatic rings. The fourth-order valence-corrected chi connectivity index (χ4v) is 3.43. The Labute approximate surface area is 122 Å². The Kier molecular flexibility index (Phi) is 5.52. The first-order valence-corrected chi connectivity index (χ1v) is 8.53. The van der Waals surface area contributed by atoms with Gasteiger partial charge in [-0.05, 0) is 31.4 Å². The highest BCUT2D eigenvalue weighted by Crippen LogP contribution is 2.11. The summed E-state index contributed by atoms with van der Waals surface area (Å²) in [6, 6.07) is 3.62. The predicted octanol–water partition coefficient (Wildman–Crippen LogP) is 1.54. The number of aromatic nitrogens is 1. The number of carbonyl (C=O) groups excluding carboxylic acids is 1. The molecule has 20 heavy (non-hydrogen) atoms. The van der Waals surface area contributed by atoms with Crippen molar-refractivity contribution < 1.29 is 9.00 Å². The number of anilines is 1. The fraction of sp³-hybridized carbons (Fsp3) is 0.571. The average molecular weight is 295 g/mol. The van der Waals surface area contributed by atoms with Gasteiger partial charge in [-0.15, -0.1) is 0 Å². The van der Waals surface area contributed by atoms with Crippen LogP contribution in [0, 0.1) is 0 Å². The van der Waals surface area contributed by atoms with Gasteiger partial charge in [0.1, 0.15) is 5.82 Å². The van der Waals surface area contributed by atoms with E-state index in [-0.39, 0.29) is 11.9 Å². The highest BCUT2D eigenvalue weighted by Gasteiger charge is 2.20. The fourth-order valence-electron chi connectivity index (χ4n) is 2.13. The van der Waals surface area contributed by atoms with E-state index < -0.39 is 10.8 Å². The molecule has 2 N–H and O–H groups in total. The number of hydrogen-bond donors (Lipinski definition) is 2. The third-order valence-electron chi connectivity index (χ3n) is 3.30. The van der Waals surface area contributed by atoms with Gasteiger partial charge in [0.15, 0.2) is 0 Å². The summed E-state index contributed by atoms with van der Waals surface area (Å²) < 4.78 is 11.3. The molecule has 2 rings (SSSR count). The van der Waals surface area contributed by atoms with Crippen LogP contribution in [-0.2, 0) is 10.8 Å². The van der Waals surface area contributed by atoms with Crippen molar-refractivity contribution >= 4 is 22.5 Å². The summed E-state index contributed by atoms with van der Waals surface area (Å²) in [5.41, 5.74) is 0.616. The quantitative estimate of drug-likeness (QED) is 0.864. The van der Waals surface area contributed by atoms with Crippen molar-refractivity contribution in [3.63, 3.8) is 0 Å². The second kappa shape index (κ2) is 7.38. The Morgan fingerprint density at radius 1 is 1.45 bits per heavy atom. The lowest BCUT2D eigenvalue weighted by atomic mass is 10.1. The number of nitrogens with one attached hydrogen (secondary N) is 2. The van der Waals surface area contributed by atoms with Crippen molar-refractivity contribution in [1.29, 1.82) is 0 Å². The smallest absolute Gasteiger partial charge is 0.251 e. The Morgan fingerprint density at radius 3 is 2.90 bits per heavy atom. The Balaban J connectivity index is 1.93. The van der Waals surface area contributed by atoms with Crippen molar-refractivity contribution in [2.45, 2.75) is 32.2 Å². The number of pyridine rings is 1. The van der Waals surface area contributed by atoms with Gasteiger partial charge in [-0.25, -0.2) is 4.98 Å². The van der Waals surface area contributed by atoms with E-state index in [0.29, 0.717) is 17.1 Å². The number of amides is 1. The maximum absolute atomic E-state index is 12.2. The molecule has 1 saturated heterocycles. The first-order chi connectivity index (χ1) is 9.69. The summed E-state index contributed by atoms with van der Waals surface area (Å²) in [6.45, 7) is 2.92. The van der Waals surface area contributed by atoms with Gasteiger partial charge in [-0.3, -0.25) is 9.00 Å². The van der Waals surface area contributed by atoms with E-state index in [2.05, 4.69) is 22.5 Å². The van der Waals surface area contributed by atoms with Crippen molar-refractivity contribution in [1.82, 2.24) is 10.3 Å². The van der Waals surface area contributed by atoms with E-state index in [9.17, 15) is 9.00 Å². The Morgan fingerprint density at radius 2 is 2.20 bits per heavy atom. The SMILES string of the molecule is CCCNc1cc(C(=O)NC2CCS(=O)CC2)ccn1. The Hall–Kier alpha value is -1.43. The molecule has 1 fully saturated rings. The maximum atomic E-state index is 12.2. The first-order valence-electron chi connectivity index (χ1n) is 7.05. The van der Waals surface area contributed by atoms with Crippen molar-refractivity contribution in [2.24, 2.45) is 0 Å². The first kappa shape index (κ1) is 15.0. The van der Waals surface area contributed by atoms with E-state index in [1.54, 1.807) is 18.3 Å². The zero-order chi connectivity index (χ0) is 14.4. The summed E-state index contributed by atoms with van der Waals surface area (Å²) in [5.74, 6) is 2.02. The molecule has 0 aromatic carbocycles. The number of carbonyl (C=O) groups is 1. The molecule has 0 atom stereocenters. The van der Waals surface area contributed by atoms with Crippen LogP contribution in [0.25, 0.3) is 0 Å². The molecule has 0 aliphatic carbocycles. The summed E-state index contributed by atoms with van der Waals surface area (Å²) >= 11 is 0. The molecule has 0 unspecified atom stereocenters. The molecule has 110 valence electrons. The van der Waals surface area contributed by atoms with Crippen LogP contribution in [0.2, 0.25) is 0 Å². The average Bonchev–Trinajstić information content (AvgIpc) is 2.48. The van der Waals surface area contributed by atoms with Crippen LogP contribution in [0.15, 0.2) is 18.3 Å². The number of hydrogen-bond acceptors (Lipinski definition) is 4. The lowest BCUT2D eigenvalue weighted by Gasteiger charge is -2.22. The van der Waals surface area contributed by atoms with E-state index >= 15 is 0 Å². The molecule has 1 aromatic heterocycles. The van der Waals surface area contributed by atoms with Crippen molar-refractivity contribution in [3.8, 4) is 0 Å². The monoisotopic (exact) mass is 295 g/mol. The van der Waals surface area contributed by atoms with Gasteiger partial charge >= 0.3 is 0 Å². The zero-order valence-corrected chi connectivity index (χ0v) is 12.5. The van der Waals surface area contributed by atoms with Crippen LogP contribution < -0.4 is 10.6 Å². The van der Waals surface area contributed by atoms with E-state index in [4.69, 9.17) is 0 Å². The molecule has 6 heteroatoms. The Bertz CT molecular complexity index is 483. The van der Waals surface area contributed by atoms with Crippen LogP contribution >= 0.6 is 0 Å². The highest BCUT2D eigenvalue weighted by molar-refractivity contribution is 7.85. The summed E-state index contributed by atoms with van der Waals surface area (Å²) in [4.78, 5) is 16.4. The second-order valence-corrected chi connectivity index (χ2v) is 6.65. The van der Waals surface area contributed by atoms with Gasteiger partial charge < -0.3 is 10.6 Å². The molecule has 0 bridgehead atoms. The van der Waals surface area contributed by atoms with E-state index in [1.807, 2.05) is 0 Å². The molecule has 1 amide bonds. The third kappa shape index (κ3) is 4.30. The van der Waals surface area contributed by atoms with Gasteiger partial charge in [0.25, 0.3) is 5.91 Å². The molecular weight excluding hydrogens is 274 g/mol. The number of nitrogens with zero attached hydrogens (tertiary/aromatic N) is 1. The minimum atomic E-state index is -0.699. The zero-order valence-electron chi connectivity index (χ0n) is 11.7. The van der Waals surface area contributed by atoms with Crippen LogP contribution in [-0.4, -0.2) is 39.2 Å². The van der Waals surface area contributed by atoms with Crippen LogP contribution in [0.5, 0.6) is 0 Å². The molecule has 1 aliphatic heterocycles. The second-order valence-electron chi connectivity index (χ2n) is 4.95. The molecule has 0 saturated carbocycles. The lowest BCUT2D eigenvalue weighted by Crippen LogP contribution is -2.39. The van der Waals surface area contributed by atoms with Gasteiger partial charge in [0.2, 0.25) is 0 Å². The molecule has 5 nitrogen and oxygen atoms in total. The van der Waals surface area contributed by atoms with Gasteiger partial charge in [0.05, 0.1) is 0 Å². The van der Waals surface area contributed by atoms with Crippen LogP contribution in [0.4, 0.5) is 5.82 Å². The third-order valence-corrected chi connectivity index (χ3v) is 4.68. The molecule has 0 spiro atoms. The van der Waals surface area contributed by atoms with E-state index in [0.717, 1.165) is 31.6 Å². The standard InChI is InChI=1S/C14H21N3O2S/c1-2-6-15-13-10-11(3-7-16-13)14(18)17-12-4-8-20(19)9-5-12/h3,7,10,12H,2,4-6,8-9H2,1H3,(H,15,16)(H,17,18).